The predicted molar refractivity (Wildman–Crippen MR) is 86.9 cm³/mol. The molecule has 1 aliphatic carbocycles. The number of likely N-dealkylation sites (N-methyl/N-ethyl adjacent to an activating group) is 2. The van der Waals surface area contributed by atoms with Gasteiger partial charge in [0.1, 0.15) is 0 Å². The van der Waals surface area contributed by atoms with Crippen LogP contribution in [-0.4, -0.2) is 49.6 Å². The molecule has 1 saturated carbocycles. The Morgan fingerprint density at radius 3 is 2.65 bits per heavy atom. The number of nitrogens with zero attached hydrogens (tertiary/aromatic N) is 2. The van der Waals surface area contributed by atoms with Crippen LogP contribution in [0.4, 0.5) is 0 Å². The predicted octanol–water partition coefficient (Wildman–Crippen LogP) is 1.97. The minimum atomic E-state index is 0.397. The fourth-order valence-electron chi connectivity index (χ4n) is 2.84. The standard InChI is InChI=1S/C16H25N3S/c1-18(2)16(7-5-8-16)13-19(3)11-15-10-14(12-20-15)6-4-9-17/h10,12H,5,7-9,11,13,17H2,1-3H3. The molecule has 1 aromatic rings. The normalized spacial score (nSPS) is 16.9. The van der Waals surface area contributed by atoms with Gasteiger partial charge < -0.3 is 10.6 Å². The number of rotatable bonds is 5. The molecule has 0 aromatic carbocycles. The third-order valence-corrected chi connectivity index (χ3v) is 5.13. The molecular formula is C16H25N3S. The molecule has 2 N–H and O–H groups in total. The van der Waals surface area contributed by atoms with Crippen molar-refractivity contribution in [2.45, 2.75) is 31.3 Å². The molecule has 110 valence electrons. The van der Waals surface area contributed by atoms with Gasteiger partial charge in [0.15, 0.2) is 0 Å². The van der Waals surface area contributed by atoms with Gasteiger partial charge in [0.25, 0.3) is 0 Å². The van der Waals surface area contributed by atoms with Crippen LogP contribution in [0.1, 0.15) is 29.7 Å². The Morgan fingerprint density at radius 2 is 2.10 bits per heavy atom. The first-order valence-corrected chi connectivity index (χ1v) is 8.06. The SMILES string of the molecule is CN(Cc1cc(C#CCN)cs1)CC1(N(C)C)CCC1. The van der Waals surface area contributed by atoms with E-state index in [0.29, 0.717) is 12.1 Å². The number of hydrogen-bond donors (Lipinski definition) is 1. The van der Waals surface area contributed by atoms with E-state index in [1.54, 1.807) is 11.3 Å². The quantitative estimate of drug-likeness (QED) is 0.842. The van der Waals surface area contributed by atoms with E-state index in [0.717, 1.165) is 18.7 Å². The van der Waals surface area contributed by atoms with Crippen LogP contribution in [0.2, 0.25) is 0 Å². The lowest BCUT2D eigenvalue weighted by Crippen LogP contribution is -2.56. The molecule has 0 bridgehead atoms. The second-order valence-corrected chi connectivity index (χ2v) is 6.95. The van der Waals surface area contributed by atoms with Crippen molar-refractivity contribution < 1.29 is 0 Å². The molecule has 0 spiro atoms. The van der Waals surface area contributed by atoms with E-state index in [2.05, 4.69) is 54.2 Å². The summed E-state index contributed by atoms with van der Waals surface area (Å²) in [7, 11) is 6.63. The highest BCUT2D eigenvalue weighted by Crippen LogP contribution is 2.36. The van der Waals surface area contributed by atoms with Crippen LogP contribution in [0.3, 0.4) is 0 Å². The molecule has 20 heavy (non-hydrogen) atoms. The summed E-state index contributed by atoms with van der Waals surface area (Å²) in [5.41, 5.74) is 6.89. The number of hydrogen-bond acceptors (Lipinski definition) is 4. The summed E-state index contributed by atoms with van der Waals surface area (Å²) in [6, 6.07) is 2.19. The van der Waals surface area contributed by atoms with Crippen molar-refractivity contribution in [3.63, 3.8) is 0 Å². The highest BCUT2D eigenvalue weighted by molar-refractivity contribution is 7.10. The van der Waals surface area contributed by atoms with E-state index in [1.807, 2.05) is 0 Å². The van der Waals surface area contributed by atoms with Gasteiger partial charge >= 0.3 is 0 Å². The van der Waals surface area contributed by atoms with Crippen LogP contribution in [0, 0.1) is 11.8 Å². The third kappa shape index (κ3) is 3.62. The number of nitrogens with two attached hydrogens (primary N) is 1. The largest absolute Gasteiger partial charge is 0.320 e. The first-order valence-electron chi connectivity index (χ1n) is 7.18. The lowest BCUT2D eigenvalue weighted by atomic mass is 9.75. The van der Waals surface area contributed by atoms with Crippen LogP contribution < -0.4 is 5.73 Å². The average molecular weight is 291 g/mol. The van der Waals surface area contributed by atoms with E-state index in [-0.39, 0.29) is 0 Å². The maximum atomic E-state index is 5.40. The summed E-state index contributed by atoms with van der Waals surface area (Å²) in [5, 5.41) is 2.12. The van der Waals surface area contributed by atoms with Gasteiger partial charge in [-0.3, -0.25) is 4.90 Å². The molecular weight excluding hydrogens is 266 g/mol. The van der Waals surface area contributed by atoms with Crippen LogP contribution in [0.25, 0.3) is 0 Å². The van der Waals surface area contributed by atoms with E-state index >= 15 is 0 Å². The van der Waals surface area contributed by atoms with E-state index in [9.17, 15) is 0 Å². The van der Waals surface area contributed by atoms with Crippen LogP contribution in [-0.2, 0) is 6.54 Å². The fourth-order valence-corrected chi connectivity index (χ4v) is 3.73. The zero-order chi connectivity index (χ0) is 14.6. The summed E-state index contributed by atoms with van der Waals surface area (Å²) in [6.07, 6.45) is 4.01. The molecule has 4 heteroatoms. The maximum Gasteiger partial charge on any atom is 0.0555 e. The molecule has 1 aromatic heterocycles. The highest BCUT2D eigenvalue weighted by Gasteiger charge is 2.39. The summed E-state index contributed by atoms with van der Waals surface area (Å²) in [5.74, 6) is 6.00. The van der Waals surface area contributed by atoms with Gasteiger partial charge in [-0.2, -0.15) is 0 Å². The van der Waals surface area contributed by atoms with Crippen molar-refractivity contribution in [2.75, 3.05) is 34.2 Å². The Bertz CT molecular complexity index is 491. The average Bonchev–Trinajstić information content (AvgIpc) is 2.78. The van der Waals surface area contributed by atoms with Crippen LogP contribution in [0.5, 0.6) is 0 Å². The van der Waals surface area contributed by atoms with Gasteiger partial charge in [0, 0.05) is 34.4 Å². The topological polar surface area (TPSA) is 32.5 Å². The van der Waals surface area contributed by atoms with Crippen LogP contribution >= 0.6 is 11.3 Å². The molecule has 1 aliphatic rings. The van der Waals surface area contributed by atoms with Gasteiger partial charge in [-0.25, -0.2) is 0 Å². The first-order chi connectivity index (χ1) is 9.55. The van der Waals surface area contributed by atoms with Crippen molar-refractivity contribution in [1.82, 2.24) is 9.80 Å². The van der Waals surface area contributed by atoms with Crippen molar-refractivity contribution in [3.8, 4) is 11.8 Å². The third-order valence-electron chi connectivity index (χ3n) is 4.21. The second-order valence-electron chi connectivity index (χ2n) is 5.95. The Morgan fingerprint density at radius 1 is 1.35 bits per heavy atom. The zero-order valence-electron chi connectivity index (χ0n) is 12.8. The zero-order valence-corrected chi connectivity index (χ0v) is 13.6. The summed E-state index contributed by atoms with van der Waals surface area (Å²) < 4.78 is 0. The minimum Gasteiger partial charge on any atom is -0.320 e. The highest BCUT2D eigenvalue weighted by atomic mass is 32.1. The van der Waals surface area contributed by atoms with Gasteiger partial charge in [-0.1, -0.05) is 11.8 Å². The van der Waals surface area contributed by atoms with E-state index in [1.165, 1.54) is 24.1 Å². The van der Waals surface area contributed by atoms with Gasteiger partial charge in [0.2, 0.25) is 0 Å². The van der Waals surface area contributed by atoms with E-state index < -0.39 is 0 Å². The van der Waals surface area contributed by atoms with Gasteiger partial charge in [0.05, 0.1) is 6.54 Å². The van der Waals surface area contributed by atoms with Crippen molar-refractivity contribution in [1.29, 1.82) is 0 Å². The summed E-state index contributed by atoms with van der Waals surface area (Å²) in [6.45, 7) is 2.57. The fraction of sp³-hybridized carbons (Fsp3) is 0.625. The molecule has 0 radical (unpaired) electrons. The monoisotopic (exact) mass is 291 g/mol. The molecule has 0 unspecified atom stereocenters. The Balaban J connectivity index is 1.91. The molecule has 0 saturated heterocycles. The summed E-state index contributed by atoms with van der Waals surface area (Å²) in [4.78, 5) is 6.21. The second kappa shape index (κ2) is 6.73. The van der Waals surface area contributed by atoms with Crippen molar-refractivity contribution >= 4 is 11.3 Å². The Kier molecular flexibility index (Phi) is 5.22. The molecule has 0 amide bonds. The summed E-state index contributed by atoms with van der Waals surface area (Å²) >= 11 is 1.79. The molecule has 0 atom stereocenters. The minimum absolute atomic E-state index is 0.397. The van der Waals surface area contributed by atoms with E-state index in [4.69, 9.17) is 5.73 Å². The first kappa shape index (κ1) is 15.5. The molecule has 1 heterocycles. The maximum absolute atomic E-state index is 5.40. The van der Waals surface area contributed by atoms with Crippen molar-refractivity contribution in [3.05, 3.63) is 21.9 Å². The Hall–Kier alpha value is -0.860. The van der Waals surface area contributed by atoms with Crippen LogP contribution in [0.15, 0.2) is 11.4 Å². The molecule has 3 nitrogen and oxygen atoms in total. The smallest absolute Gasteiger partial charge is 0.0555 e. The Labute approximate surface area is 126 Å². The van der Waals surface area contributed by atoms with Gasteiger partial charge in [-0.05, 0) is 46.5 Å². The van der Waals surface area contributed by atoms with Gasteiger partial charge in [-0.15, -0.1) is 11.3 Å². The lowest BCUT2D eigenvalue weighted by molar-refractivity contribution is 0.0261. The molecule has 1 fully saturated rings. The molecule has 0 aliphatic heterocycles. The van der Waals surface area contributed by atoms with Crippen molar-refractivity contribution in [2.24, 2.45) is 5.73 Å². The number of thiophene rings is 1. The molecule has 2 rings (SSSR count). The lowest BCUT2D eigenvalue weighted by Gasteiger charge is -2.49.